The number of hydrogen-bond donors (Lipinski definition) is 2. The van der Waals surface area contributed by atoms with E-state index in [9.17, 15) is 4.39 Å². The Balaban J connectivity index is 1.52. The van der Waals surface area contributed by atoms with Crippen molar-refractivity contribution in [2.45, 2.75) is 6.92 Å². The first-order valence-electron chi connectivity index (χ1n) is 9.66. The Hall–Kier alpha value is -3.91. The molecular formula is C23H15FN6S. The van der Waals surface area contributed by atoms with E-state index in [-0.39, 0.29) is 5.13 Å². The molecule has 2 N–H and O–H groups in total. The van der Waals surface area contributed by atoms with E-state index < -0.39 is 0 Å². The van der Waals surface area contributed by atoms with E-state index in [0.29, 0.717) is 0 Å². The molecule has 0 atom stereocenters. The number of halogens is 1. The number of nitrogens with zero attached hydrogens (tertiary/aromatic N) is 4. The summed E-state index contributed by atoms with van der Waals surface area (Å²) in [6.45, 7) is 2.04. The van der Waals surface area contributed by atoms with Crippen LogP contribution in [0.2, 0.25) is 0 Å². The molecule has 150 valence electrons. The fourth-order valence-electron chi connectivity index (χ4n) is 3.82. The van der Waals surface area contributed by atoms with Gasteiger partial charge in [0.15, 0.2) is 5.13 Å². The highest BCUT2D eigenvalue weighted by molar-refractivity contribution is 7.13. The van der Waals surface area contributed by atoms with Crippen molar-refractivity contribution in [1.29, 1.82) is 0 Å². The highest BCUT2D eigenvalue weighted by Gasteiger charge is 2.16. The zero-order valence-electron chi connectivity index (χ0n) is 16.3. The second kappa shape index (κ2) is 6.82. The quantitative estimate of drug-likeness (QED) is 0.378. The third kappa shape index (κ3) is 2.91. The lowest BCUT2D eigenvalue weighted by atomic mass is 10.1. The minimum Gasteiger partial charge on any atom is -0.353 e. The molecule has 0 saturated heterocycles. The molecule has 0 aliphatic carbocycles. The Bertz CT molecular complexity index is 1580. The minimum absolute atomic E-state index is 0.228. The van der Waals surface area contributed by atoms with Crippen molar-refractivity contribution < 1.29 is 4.39 Å². The summed E-state index contributed by atoms with van der Waals surface area (Å²) in [5.41, 5.74) is 7.10. The van der Waals surface area contributed by atoms with Crippen LogP contribution in [0.3, 0.4) is 0 Å². The summed E-state index contributed by atoms with van der Waals surface area (Å²) in [6.07, 6.45) is 7.11. The fourth-order valence-corrected chi connectivity index (χ4v) is 4.56. The molecular weight excluding hydrogens is 411 g/mol. The maximum Gasteiger partial charge on any atom is 0.177 e. The number of nitrogens with one attached hydrogen (secondary N) is 2. The summed E-state index contributed by atoms with van der Waals surface area (Å²) in [5.74, 6) is 0. The molecule has 0 saturated carbocycles. The second-order valence-electron chi connectivity index (χ2n) is 7.29. The van der Waals surface area contributed by atoms with Crippen molar-refractivity contribution >= 4 is 33.1 Å². The summed E-state index contributed by atoms with van der Waals surface area (Å²) in [4.78, 5) is 17.5. The third-order valence-electron chi connectivity index (χ3n) is 5.37. The number of pyridine rings is 3. The first-order valence-corrected chi connectivity index (χ1v) is 10.5. The maximum atomic E-state index is 13.6. The van der Waals surface area contributed by atoms with Gasteiger partial charge in [-0.25, -0.2) is 0 Å². The zero-order chi connectivity index (χ0) is 20.9. The average molecular weight is 426 g/mol. The summed E-state index contributed by atoms with van der Waals surface area (Å²) >= 11 is 1.09. The second-order valence-corrected chi connectivity index (χ2v) is 8.32. The molecule has 6 nitrogen and oxygen atoms in total. The number of aromatic nitrogens is 6. The molecule has 8 heteroatoms. The molecule has 0 unspecified atom stereocenters. The predicted octanol–water partition coefficient (Wildman–Crippen LogP) is 5.74. The van der Waals surface area contributed by atoms with Crippen molar-refractivity contribution in [3.8, 4) is 33.2 Å². The van der Waals surface area contributed by atoms with Crippen molar-refractivity contribution in [2.24, 2.45) is 0 Å². The van der Waals surface area contributed by atoms with Gasteiger partial charge in [0, 0.05) is 40.4 Å². The van der Waals surface area contributed by atoms with Crippen LogP contribution in [0.4, 0.5) is 4.39 Å². The van der Waals surface area contributed by atoms with Crippen LogP contribution in [0.5, 0.6) is 0 Å². The fraction of sp³-hybridized carbons (Fsp3) is 0.0435. The van der Waals surface area contributed by atoms with Gasteiger partial charge in [0.1, 0.15) is 5.69 Å². The highest BCUT2D eigenvalue weighted by atomic mass is 32.1. The van der Waals surface area contributed by atoms with Crippen LogP contribution in [0.25, 0.3) is 55.0 Å². The van der Waals surface area contributed by atoms with Crippen LogP contribution in [0, 0.1) is 12.1 Å². The van der Waals surface area contributed by atoms with Crippen molar-refractivity contribution in [3.05, 3.63) is 71.9 Å². The lowest BCUT2D eigenvalue weighted by molar-refractivity contribution is 0.657. The third-order valence-corrected chi connectivity index (χ3v) is 6.25. The average Bonchev–Trinajstić information content (AvgIpc) is 3.50. The number of aromatic amines is 2. The number of fused-ring (bicyclic) bond motifs is 2. The number of aryl methyl sites for hydroxylation is 1. The molecule has 6 rings (SSSR count). The van der Waals surface area contributed by atoms with Crippen LogP contribution in [0.15, 0.2) is 61.2 Å². The van der Waals surface area contributed by atoms with Gasteiger partial charge in [0.2, 0.25) is 0 Å². The predicted molar refractivity (Wildman–Crippen MR) is 120 cm³/mol. The number of hydrogen-bond acceptors (Lipinski definition) is 5. The molecule has 6 aromatic rings. The normalized spacial score (nSPS) is 11.5. The monoisotopic (exact) mass is 426 g/mol. The molecule has 0 spiro atoms. The van der Waals surface area contributed by atoms with Gasteiger partial charge in [-0.2, -0.15) is 9.49 Å². The molecule has 0 aromatic carbocycles. The van der Waals surface area contributed by atoms with E-state index in [1.54, 1.807) is 24.7 Å². The lowest BCUT2D eigenvalue weighted by Gasteiger charge is -2.04. The molecule has 31 heavy (non-hydrogen) atoms. The van der Waals surface area contributed by atoms with Crippen molar-refractivity contribution in [1.82, 2.24) is 30.1 Å². The SMILES string of the molecule is Cc1ccncc1-c1cc2c(-c3cc4c(-c5ccc(F)s5)nccc4[nH]3)n[nH]c2cn1. The van der Waals surface area contributed by atoms with Crippen LogP contribution in [0.1, 0.15) is 5.56 Å². The molecule has 0 aliphatic rings. The molecule has 0 aliphatic heterocycles. The van der Waals surface area contributed by atoms with E-state index in [4.69, 9.17) is 0 Å². The van der Waals surface area contributed by atoms with Crippen LogP contribution in [-0.4, -0.2) is 30.1 Å². The van der Waals surface area contributed by atoms with E-state index >= 15 is 0 Å². The van der Waals surface area contributed by atoms with Crippen molar-refractivity contribution in [3.63, 3.8) is 0 Å². The number of H-pyrrole nitrogens is 2. The van der Waals surface area contributed by atoms with Crippen LogP contribution < -0.4 is 0 Å². The smallest absolute Gasteiger partial charge is 0.177 e. The number of thiophene rings is 1. The first kappa shape index (κ1) is 17.9. The summed E-state index contributed by atoms with van der Waals surface area (Å²) < 4.78 is 13.6. The number of rotatable bonds is 3. The van der Waals surface area contributed by atoms with E-state index in [0.717, 1.165) is 71.9 Å². The maximum absolute atomic E-state index is 13.6. The van der Waals surface area contributed by atoms with Gasteiger partial charge in [0.05, 0.1) is 33.7 Å². The van der Waals surface area contributed by atoms with Gasteiger partial charge >= 0.3 is 0 Å². The molecule has 0 radical (unpaired) electrons. The van der Waals surface area contributed by atoms with E-state index in [2.05, 4.69) is 30.1 Å². The highest BCUT2D eigenvalue weighted by Crippen LogP contribution is 2.35. The Morgan fingerprint density at radius 1 is 0.903 bits per heavy atom. The van der Waals surface area contributed by atoms with Gasteiger partial charge in [-0.1, -0.05) is 0 Å². The Labute approximate surface area is 179 Å². The summed E-state index contributed by atoms with van der Waals surface area (Å²) in [6, 6.07) is 11.1. The van der Waals surface area contributed by atoms with Crippen LogP contribution >= 0.6 is 11.3 Å². The minimum atomic E-state index is -0.228. The van der Waals surface area contributed by atoms with Gasteiger partial charge in [-0.05, 0) is 48.9 Å². The van der Waals surface area contributed by atoms with Crippen LogP contribution in [-0.2, 0) is 0 Å². The standard InChI is InChI=1S/C23H15FN6S/c1-12-4-6-25-10-15(12)17-8-14-19(11-27-17)29-30-22(14)18-9-13-16(28-18)5-7-26-23(13)20-2-3-21(24)31-20/h2-11,28H,1H3,(H,29,30). The van der Waals surface area contributed by atoms with E-state index in [1.165, 1.54) is 6.07 Å². The Morgan fingerprint density at radius 3 is 2.65 bits per heavy atom. The molecule has 0 bridgehead atoms. The van der Waals surface area contributed by atoms with Gasteiger partial charge < -0.3 is 4.98 Å². The Morgan fingerprint density at radius 2 is 1.81 bits per heavy atom. The molecule has 0 fully saturated rings. The van der Waals surface area contributed by atoms with Gasteiger partial charge in [0.25, 0.3) is 0 Å². The molecule has 0 amide bonds. The lowest BCUT2D eigenvalue weighted by Crippen LogP contribution is -1.88. The first-order chi connectivity index (χ1) is 15.2. The zero-order valence-corrected chi connectivity index (χ0v) is 17.2. The van der Waals surface area contributed by atoms with Crippen molar-refractivity contribution in [2.75, 3.05) is 0 Å². The Kier molecular flexibility index (Phi) is 3.94. The topological polar surface area (TPSA) is 83.1 Å². The summed E-state index contributed by atoms with van der Waals surface area (Å²) in [5, 5.41) is 9.25. The van der Waals surface area contributed by atoms with Gasteiger partial charge in [-0.3, -0.25) is 20.1 Å². The van der Waals surface area contributed by atoms with Gasteiger partial charge in [-0.15, -0.1) is 11.3 Å². The molecule has 6 heterocycles. The summed E-state index contributed by atoms with van der Waals surface area (Å²) in [7, 11) is 0. The largest absolute Gasteiger partial charge is 0.353 e. The molecule has 6 aromatic heterocycles. The van der Waals surface area contributed by atoms with E-state index in [1.807, 2.05) is 37.4 Å².